The predicted molar refractivity (Wildman–Crippen MR) is 95.9 cm³/mol. The molecule has 2 fully saturated rings. The second-order valence-electron chi connectivity index (χ2n) is 9.29. The lowest BCUT2D eigenvalue weighted by Crippen LogP contribution is -2.52. The zero-order valence-electron chi connectivity index (χ0n) is 16.2. The number of hydrogen-bond acceptors (Lipinski definition) is 4. The Kier molecular flexibility index (Phi) is 6.51. The van der Waals surface area contributed by atoms with Crippen molar-refractivity contribution in [3.63, 3.8) is 0 Å². The normalized spacial score (nSPS) is 27.1. The summed E-state index contributed by atoms with van der Waals surface area (Å²) in [5.41, 5.74) is 0.612. The number of ether oxygens (including phenoxy) is 2. The van der Waals surface area contributed by atoms with Crippen LogP contribution in [0.3, 0.4) is 0 Å². The Balaban J connectivity index is 1.85. The Morgan fingerprint density at radius 3 is 2.26 bits per heavy atom. The van der Waals surface area contributed by atoms with Crippen LogP contribution in [-0.4, -0.2) is 74.5 Å². The topological polar surface area (TPSA) is 24.9 Å². The average molecular weight is 327 g/mol. The van der Waals surface area contributed by atoms with E-state index in [1.165, 1.54) is 0 Å². The summed E-state index contributed by atoms with van der Waals surface area (Å²) in [7, 11) is 0. The van der Waals surface area contributed by atoms with E-state index in [1.54, 1.807) is 0 Å². The highest BCUT2D eigenvalue weighted by molar-refractivity contribution is 4.86. The molecule has 2 unspecified atom stereocenters. The van der Waals surface area contributed by atoms with Crippen LogP contribution in [0.4, 0.5) is 0 Å². The standard InChI is InChI=1S/C19H38N2O2/c1-16(18(2,3)4)21-9-12-23-17(14-21)13-19(5,6)15-20-7-10-22-11-8-20/h16-17H,7-15H2,1-6H3. The smallest absolute Gasteiger partial charge is 0.0708 e. The molecule has 0 radical (unpaired) electrons. The Morgan fingerprint density at radius 2 is 1.65 bits per heavy atom. The van der Waals surface area contributed by atoms with E-state index in [0.717, 1.165) is 59.0 Å². The van der Waals surface area contributed by atoms with Gasteiger partial charge in [-0.05, 0) is 24.2 Å². The maximum atomic E-state index is 6.11. The molecule has 2 saturated heterocycles. The molecule has 0 amide bonds. The summed E-state index contributed by atoms with van der Waals surface area (Å²) >= 11 is 0. The molecule has 2 heterocycles. The summed E-state index contributed by atoms with van der Waals surface area (Å²) in [6, 6.07) is 0.594. The molecule has 23 heavy (non-hydrogen) atoms. The number of morpholine rings is 2. The third kappa shape index (κ3) is 6.00. The van der Waals surface area contributed by atoms with Crippen molar-refractivity contribution in [3.8, 4) is 0 Å². The fourth-order valence-electron chi connectivity index (χ4n) is 3.81. The first-order valence-corrected chi connectivity index (χ1v) is 9.33. The minimum Gasteiger partial charge on any atom is -0.379 e. The van der Waals surface area contributed by atoms with Gasteiger partial charge >= 0.3 is 0 Å². The lowest BCUT2D eigenvalue weighted by atomic mass is 9.83. The molecule has 2 aliphatic heterocycles. The lowest BCUT2D eigenvalue weighted by molar-refractivity contribution is -0.0753. The van der Waals surface area contributed by atoms with Gasteiger partial charge in [-0.1, -0.05) is 34.6 Å². The maximum Gasteiger partial charge on any atom is 0.0708 e. The van der Waals surface area contributed by atoms with Crippen LogP contribution < -0.4 is 0 Å². The minimum absolute atomic E-state index is 0.288. The van der Waals surface area contributed by atoms with Crippen molar-refractivity contribution in [1.29, 1.82) is 0 Å². The summed E-state index contributed by atoms with van der Waals surface area (Å²) in [6.07, 6.45) is 1.50. The van der Waals surface area contributed by atoms with E-state index in [0.29, 0.717) is 17.6 Å². The second-order valence-corrected chi connectivity index (χ2v) is 9.29. The summed E-state index contributed by atoms with van der Waals surface area (Å²) in [5.74, 6) is 0. The number of rotatable bonds is 5. The second kappa shape index (κ2) is 7.81. The maximum absolute atomic E-state index is 6.11. The first kappa shape index (κ1) is 19.2. The van der Waals surface area contributed by atoms with Crippen molar-refractivity contribution in [2.75, 3.05) is 52.5 Å². The van der Waals surface area contributed by atoms with Gasteiger partial charge in [0.25, 0.3) is 0 Å². The van der Waals surface area contributed by atoms with Crippen LogP contribution in [-0.2, 0) is 9.47 Å². The molecule has 4 heteroatoms. The van der Waals surface area contributed by atoms with Crippen molar-refractivity contribution < 1.29 is 9.47 Å². The molecule has 0 saturated carbocycles. The van der Waals surface area contributed by atoms with Crippen LogP contribution in [0, 0.1) is 10.8 Å². The van der Waals surface area contributed by atoms with Gasteiger partial charge in [0, 0.05) is 38.8 Å². The summed E-state index contributed by atoms with van der Waals surface area (Å²) < 4.78 is 11.6. The highest BCUT2D eigenvalue weighted by Crippen LogP contribution is 2.30. The molecule has 0 spiro atoms. The minimum atomic E-state index is 0.288. The van der Waals surface area contributed by atoms with E-state index in [2.05, 4.69) is 51.3 Å². The Bertz CT molecular complexity index is 359. The molecule has 2 aliphatic rings. The van der Waals surface area contributed by atoms with Gasteiger partial charge < -0.3 is 9.47 Å². The first-order chi connectivity index (χ1) is 10.7. The monoisotopic (exact) mass is 326 g/mol. The molecule has 0 aromatic carbocycles. The summed E-state index contributed by atoms with van der Waals surface area (Å²) in [4.78, 5) is 5.17. The molecule has 0 N–H and O–H groups in total. The van der Waals surface area contributed by atoms with Gasteiger partial charge in [0.2, 0.25) is 0 Å². The van der Waals surface area contributed by atoms with E-state index in [4.69, 9.17) is 9.47 Å². The van der Waals surface area contributed by atoms with Gasteiger partial charge in [-0.3, -0.25) is 9.80 Å². The predicted octanol–water partition coefficient (Wildman–Crippen LogP) is 2.87. The molecule has 0 aromatic rings. The lowest BCUT2D eigenvalue weighted by Gasteiger charge is -2.44. The van der Waals surface area contributed by atoms with E-state index in [-0.39, 0.29) is 5.41 Å². The largest absolute Gasteiger partial charge is 0.379 e. The molecule has 4 nitrogen and oxygen atoms in total. The van der Waals surface area contributed by atoms with Gasteiger partial charge in [-0.15, -0.1) is 0 Å². The van der Waals surface area contributed by atoms with E-state index in [9.17, 15) is 0 Å². The van der Waals surface area contributed by atoms with Crippen LogP contribution >= 0.6 is 0 Å². The molecular formula is C19H38N2O2. The summed E-state index contributed by atoms with van der Waals surface area (Å²) in [5, 5.41) is 0. The van der Waals surface area contributed by atoms with E-state index < -0.39 is 0 Å². The van der Waals surface area contributed by atoms with Gasteiger partial charge in [0.1, 0.15) is 0 Å². The van der Waals surface area contributed by atoms with E-state index >= 15 is 0 Å². The van der Waals surface area contributed by atoms with Crippen molar-refractivity contribution in [2.24, 2.45) is 10.8 Å². The zero-order chi connectivity index (χ0) is 17.1. The quantitative estimate of drug-likeness (QED) is 0.775. The summed E-state index contributed by atoms with van der Waals surface area (Å²) in [6.45, 7) is 22.2. The third-order valence-corrected chi connectivity index (χ3v) is 5.51. The SMILES string of the molecule is CC(N1CCOC(CC(C)(C)CN2CCOCC2)C1)C(C)(C)C. The number of nitrogens with zero attached hydrogens (tertiary/aromatic N) is 2. The van der Waals surface area contributed by atoms with Gasteiger partial charge in [0.05, 0.1) is 25.9 Å². The molecule has 2 atom stereocenters. The fraction of sp³-hybridized carbons (Fsp3) is 1.00. The highest BCUT2D eigenvalue weighted by Gasteiger charge is 2.34. The average Bonchev–Trinajstić information content (AvgIpc) is 2.45. The highest BCUT2D eigenvalue weighted by atomic mass is 16.5. The number of hydrogen-bond donors (Lipinski definition) is 0. The fourth-order valence-corrected chi connectivity index (χ4v) is 3.81. The molecule has 0 aromatic heterocycles. The van der Waals surface area contributed by atoms with Crippen LogP contribution in [0.2, 0.25) is 0 Å². The zero-order valence-corrected chi connectivity index (χ0v) is 16.2. The van der Waals surface area contributed by atoms with Crippen molar-refractivity contribution in [2.45, 2.75) is 60.1 Å². The van der Waals surface area contributed by atoms with Crippen LogP contribution in [0.15, 0.2) is 0 Å². The molecule has 2 rings (SSSR count). The van der Waals surface area contributed by atoms with Crippen molar-refractivity contribution in [3.05, 3.63) is 0 Å². The van der Waals surface area contributed by atoms with Gasteiger partial charge in [-0.25, -0.2) is 0 Å². The van der Waals surface area contributed by atoms with E-state index in [1.807, 2.05) is 0 Å². The van der Waals surface area contributed by atoms with Crippen LogP contribution in [0.25, 0.3) is 0 Å². The molecular weight excluding hydrogens is 288 g/mol. The van der Waals surface area contributed by atoms with Gasteiger partial charge in [-0.2, -0.15) is 0 Å². The first-order valence-electron chi connectivity index (χ1n) is 9.33. The molecule has 0 bridgehead atoms. The van der Waals surface area contributed by atoms with Crippen molar-refractivity contribution >= 4 is 0 Å². The Labute approximate surface area is 143 Å². The van der Waals surface area contributed by atoms with Crippen LogP contribution in [0.1, 0.15) is 48.0 Å². The van der Waals surface area contributed by atoms with Crippen LogP contribution in [0.5, 0.6) is 0 Å². The molecule has 136 valence electrons. The van der Waals surface area contributed by atoms with Gasteiger partial charge in [0.15, 0.2) is 0 Å². The Hall–Kier alpha value is -0.160. The van der Waals surface area contributed by atoms with Crippen molar-refractivity contribution in [1.82, 2.24) is 9.80 Å². The molecule has 0 aliphatic carbocycles. The third-order valence-electron chi connectivity index (χ3n) is 5.51. The Morgan fingerprint density at radius 1 is 1.00 bits per heavy atom.